The van der Waals surface area contributed by atoms with Crippen molar-refractivity contribution in [1.29, 1.82) is 0 Å². The van der Waals surface area contributed by atoms with Crippen LogP contribution in [0.5, 0.6) is 0 Å². The Bertz CT molecular complexity index is 624. The van der Waals surface area contributed by atoms with Crippen LogP contribution in [-0.4, -0.2) is 34.9 Å². The quantitative estimate of drug-likeness (QED) is 0.871. The van der Waals surface area contributed by atoms with Crippen LogP contribution in [0.15, 0.2) is 24.3 Å². The first-order valence-electron chi connectivity index (χ1n) is 5.69. The third-order valence-corrected chi connectivity index (χ3v) is 4.23. The molecule has 0 radical (unpaired) electrons. The van der Waals surface area contributed by atoms with Crippen molar-refractivity contribution in [2.24, 2.45) is 0 Å². The van der Waals surface area contributed by atoms with Gasteiger partial charge in [-0.05, 0) is 30.5 Å². The average molecular weight is 263 g/mol. The van der Waals surface area contributed by atoms with Crippen LogP contribution in [0.3, 0.4) is 0 Å². The van der Waals surface area contributed by atoms with E-state index in [9.17, 15) is 9.90 Å². The molecular weight excluding hydrogens is 250 g/mol. The molecule has 1 aromatic carbocycles. The highest BCUT2D eigenvalue weighted by Gasteiger charge is 2.36. The molecule has 2 heterocycles. The molecule has 4 nitrogen and oxygen atoms in total. The van der Waals surface area contributed by atoms with Gasteiger partial charge in [-0.1, -0.05) is 6.07 Å². The monoisotopic (exact) mass is 263 g/mol. The number of benzene rings is 1. The summed E-state index contributed by atoms with van der Waals surface area (Å²) in [6.45, 7) is 3.06. The second-order valence-corrected chi connectivity index (χ2v) is 6.07. The van der Waals surface area contributed by atoms with E-state index in [2.05, 4.69) is 4.90 Å². The average Bonchev–Trinajstić information content (AvgIpc) is 2.68. The molecule has 5 heteroatoms. The van der Waals surface area contributed by atoms with Gasteiger partial charge in [-0.3, -0.25) is 0 Å². The lowest BCUT2D eigenvalue weighted by Gasteiger charge is -2.45. The van der Waals surface area contributed by atoms with Gasteiger partial charge < -0.3 is 15.1 Å². The van der Waals surface area contributed by atoms with E-state index in [-0.39, 0.29) is 0 Å². The van der Waals surface area contributed by atoms with E-state index < -0.39 is 11.6 Å². The number of hydrogen-bond donors (Lipinski definition) is 2. The second kappa shape index (κ2) is 3.70. The third kappa shape index (κ3) is 1.85. The summed E-state index contributed by atoms with van der Waals surface area (Å²) < 4.78 is 0.969. The van der Waals surface area contributed by atoms with Crippen molar-refractivity contribution in [2.45, 2.75) is 12.5 Å². The number of carboxylic acids is 1. The van der Waals surface area contributed by atoms with E-state index in [1.807, 2.05) is 25.1 Å². The summed E-state index contributed by atoms with van der Waals surface area (Å²) in [6, 6.07) is 7.58. The minimum absolute atomic E-state index is 0.359. The minimum atomic E-state index is -0.885. The minimum Gasteiger partial charge on any atom is -0.477 e. The maximum absolute atomic E-state index is 10.9. The molecule has 1 aliphatic heterocycles. The molecule has 2 N–H and O–H groups in total. The smallest absolute Gasteiger partial charge is 0.345 e. The molecule has 0 amide bonds. The highest BCUT2D eigenvalue weighted by molar-refractivity contribution is 7.20. The molecule has 0 aliphatic carbocycles. The molecule has 1 saturated heterocycles. The first-order valence-corrected chi connectivity index (χ1v) is 6.50. The van der Waals surface area contributed by atoms with E-state index in [0.29, 0.717) is 18.0 Å². The van der Waals surface area contributed by atoms with Gasteiger partial charge >= 0.3 is 5.97 Å². The van der Waals surface area contributed by atoms with Crippen LogP contribution in [0.2, 0.25) is 0 Å². The summed E-state index contributed by atoms with van der Waals surface area (Å²) in [6.07, 6.45) is 0. The van der Waals surface area contributed by atoms with Crippen molar-refractivity contribution in [2.75, 3.05) is 18.0 Å². The van der Waals surface area contributed by atoms with Crippen molar-refractivity contribution in [3.63, 3.8) is 0 Å². The number of carbonyl (C=O) groups is 1. The molecule has 94 valence electrons. The molecule has 1 aromatic heterocycles. The topological polar surface area (TPSA) is 60.8 Å². The third-order valence-electron chi connectivity index (χ3n) is 3.14. The fourth-order valence-corrected chi connectivity index (χ4v) is 3.22. The first kappa shape index (κ1) is 11.5. The Hall–Kier alpha value is -1.59. The van der Waals surface area contributed by atoms with Crippen molar-refractivity contribution in [3.8, 4) is 0 Å². The zero-order valence-electron chi connectivity index (χ0n) is 9.88. The molecular formula is C13H13NO3S. The van der Waals surface area contributed by atoms with Crippen LogP contribution >= 0.6 is 11.3 Å². The molecule has 0 bridgehead atoms. The summed E-state index contributed by atoms with van der Waals surface area (Å²) in [5.41, 5.74) is 0.434. The number of β-amino-alcohol motifs (C(OH)–C–C–N with tert-alkyl or cyclic N) is 1. The fourth-order valence-electron chi connectivity index (χ4n) is 2.28. The van der Waals surface area contributed by atoms with Crippen molar-refractivity contribution in [1.82, 2.24) is 0 Å². The van der Waals surface area contributed by atoms with Crippen LogP contribution in [0.1, 0.15) is 16.6 Å². The van der Waals surface area contributed by atoms with Gasteiger partial charge in [-0.2, -0.15) is 0 Å². The molecule has 0 spiro atoms. The Kier molecular flexibility index (Phi) is 2.36. The number of fused-ring (bicyclic) bond motifs is 1. The molecule has 1 aliphatic rings. The van der Waals surface area contributed by atoms with Gasteiger partial charge in [0.1, 0.15) is 4.88 Å². The Morgan fingerprint density at radius 1 is 1.39 bits per heavy atom. The van der Waals surface area contributed by atoms with Crippen LogP contribution in [0, 0.1) is 0 Å². The van der Waals surface area contributed by atoms with Gasteiger partial charge in [0.2, 0.25) is 0 Å². The predicted octanol–water partition coefficient (Wildman–Crippen LogP) is 2.17. The first-order chi connectivity index (χ1) is 8.44. The van der Waals surface area contributed by atoms with Crippen molar-refractivity contribution >= 4 is 33.1 Å². The van der Waals surface area contributed by atoms with Crippen LogP contribution < -0.4 is 4.90 Å². The number of hydrogen-bond acceptors (Lipinski definition) is 4. The summed E-state index contributed by atoms with van der Waals surface area (Å²) in [5, 5.41) is 19.6. The van der Waals surface area contributed by atoms with Gasteiger partial charge in [-0.25, -0.2) is 4.79 Å². The van der Waals surface area contributed by atoms with Crippen LogP contribution in [0.25, 0.3) is 10.1 Å². The molecule has 0 unspecified atom stereocenters. The predicted molar refractivity (Wildman–Crippen MR) is 71.6 cm³/mol. The van der Waals surface area contributed by atoms with Crippen LogP contribution in [0.4, 0.5) is 5.69 Å². The highest BCUT2D eigenvalue weighted by atomic mass is 32.1. The van der Waals surface area contributed by atoms with E-state index >= 15 is 0 Å². The fraction of sp³-hybridized carbons (Fsp3) is 0.308. The van der Waals surface area contributed by atoms with E-state index in [1.54, 1.807) is 6.07 Å². The molecule has 18 heavy (non-hydrogen) atoms. The number of thiophene rings is 1. The summed E-state index contributed by atoms with van der Waals surface area (Å²) in [5.74, 6) is -0.885. The number of anilines is 1. The van der Waals surface area contributed by atoms with Gasteiger partial charge in [0.15, 0.2) is 0 Å². The Morgan fingerprint density at radius 3 is 2.72 bits per heavy atom. The Balaban J connectivity index is 1.94. The van der Waals surface area contributed by atoms with Crippen LogP contribution in [-0.2, 0) is 0 Å². The molecule has 2 aromatic rings. The van der Waals surface area contributed by atoms with Crippen molar-refractivity contribution in [3.05, 3.63) is 29.1 Å². The summed E-state index contributed by atoms with van der Waals surface area (Å²) in [4.78, 5) is 13.4. The number of aliphatic hydroxyl groups is 1. The molecule has 0 saturated carbocycles. The lowest BCUT2D eigenvalue weighted by atomic mass is 9.96. The lowest BCUT2D eigenvalue weighted by Crippen LogP contribution is -2.60. The number of rotatable bonds is 2. The zero-order chi connectivity index (χ0) is 12.9. The molecule has 3 rings (SSSR count). The highest BCUT2D eigenvalue weighted by Crippen LogP contribution is 2.33. The SMILES string of the molecule is CC1(O)CN(c2ccc3cc(C(=O)O)sc3c2)C1. The lowest BCUT2D eigenvalue weighted by molar-refractivity contribution is 0.0310. The van der Waals surface area contributed by atoms with E-state index in [1.165, 1.54) is 11.3 Å². The Morgan fingerprint density at radius 2 is 2.11 bits per heavy atom. The molecule has 1 fully saturated rings. The number of aromatic carboxylic acids is 1. The van der Waals surface area contributed by atoms with E-state index in [4.69, 9.17) is 5.11 Å². The number of nitrogens with zero attached hydrogens (tertiary/aromatic N) is 1. The maximum atomic E-state index is 10.9. The largest absolute Gasteiger partial charge is 0.477 e. The second-order valence-electron chi connectivity index (χ2n) is 4.99. The standard InChI is InChI=1S/C13H13NO3S/c1-13(17)6-14(7-13)9-3-2-8-4-11(12(15)16)18-10(8)5-9/h2-5,17H,6-7H2,1H3,(H,15,16). The van der Waals surface area contributed by atoms with Gasteiger partial charge in [0, 0.05) is 23.5 Å². The van der Waals surface area contributed by atoms with Gasteiger partial charge in [0.05, 0.1) is 5.60 Å². The normalized spacial score (nSPS) is 17.8. The van der Waals surface area contributed by atoms with E-state index in [0.717, 1.165) is 15.8 Å². The molecule has 0 atom stereocenters. The van der Waals surface area contributed by atoms with Crippen molar-refractivity contribution < 1.29 is 15.0 Å². The zero-order valence-corrected chi connectivity index (χ0v) is 10.7. The summed E-state index contributed by atoms with van der Waals surface area (Å²) >= 11 is 1.28. The maximum Gasteiger partial charge on any atom is 0.345 e. The summed E-state index contributed by atoms with van der Waals surface area (Å²) in [7, 11) is 0. The van der Waals surface area contributed by atoms with Gasteiger partial charge in [-0.15, -0.1) is 11.3 Å². The van der Waals surface area contributed by atoms with Gasteiger partial charge in [0.25, 0.3) is 0 Å². The Labute approximate surface area is 108 Å². The number of carboxylic acid groups (broad SMARTS) is 1.